The van der Waals surface area contributed by atoms with Crippen LogP contribution in [-0.2, 0) is 10.8 Å². The summed E-state index contributed by atoms with van der Waals surface area (Å²) in [5.41, 5.74) is 15.1. The van der Waals surface area contributed by atoms with E-state index in [2.05, 4.69) is 168 Å². The molecule has 1 aliphatic heterocycles. The van der Waals surface area contributed by atoms with Crippen LogP contribution in [0.4, 0.5) is 0 Å². The molecule has 2 nitrogen and oxygen atoms in total. The average Bonchev–Trinajstić information content (AvgIpc) is 3.32. The molecule has 50 heavy (non-hydrogen) atoms. The van der Waals surface area contributed by atoms with Gasteiger partial charge in [-0.15, -0.1) is 0 Å². The van der Waals surface area contributed by atoms with E-state index in [1.807, 2.05) is 6.07 Å². The summed E-state index contributed by atoms with van der Waals surface area (Å²) in [6.07, 6.45) is 2.94. The van der Waals surface area contributed by atoms with Crippen LogP contribution in [0.25, 0.3) is 38.7 Å². The zero-order valence-corrected chi connectivity index (χ0v) is 29.8. The van der Waals surface area contributed by atoms with Gasteiger partial charge in [0.1, 0.15) is 0 Å². The van der Waals surface area contributed by atoms with E-state index in [1.165, 1.54) is 56.1 Å². The number of aliphatic imine (C=N–C) groups is 2. The largest absolute Gasteiger partial charge is 0.232 e. The highest BCUT2D eigenvalue weighted by Crippen LogP contribution is 2.50. The predicted octanol–water partition coefficient (Wildman–Crippen LogP) is 12.6. The van der Waals surface area contributed by atoms with Gasteiger partial charge in [0.2, 0.25) is 0 Å². The number of fused-ring (bicyclic) bond motifs is 2. The van der Waals surface area contributed by atoms with Crippen LogP contribution in [0.3, 0.4) is 0 Å². The van der Waals surface area contributed by atoms with E-state index in [-0.39, 0.29) is 10.8 Å². The Morgan fingerprint density at radius 1 is 0.440 bits per heavy atom. The van der Waals surface area contributed by atoms with Crippen molar-refractivity contribution in [3.63, 3.8) is 0 Å². The van der Waals surface area contributed by atoms with Crippen LogP contribution in [-0.4, -0.2) is 11.5 Å². The Bertz CT molecular complexity index is 2320. The van der Waals surface area contributed by atoms with E-state index in [9.17, 15) is 0 Å². The summed E-state index contributed by atoms with van der Waals surface area (Å²) in [5, 5.41) is 2.51. The van der Waals surface area contributed by atoms with Crippen molar-refractivity contribution in [2.24, 2.45) is 9.98 Å². The lowest BCUT2D eigenvalue weighted by Crippen LogP contribution is -2.17. The molecule has 0 saturated carbocycles. The maximum Gasteiger partial charge on any atom is 0.160 e. The molecule has 0 radical (unpaired) electrons. The molecule has 1 aliphatic carbocycles. The summed E-state index contributed by atoms with van der Waals surface area (Å²) in [4.78, 5) is 10.4. The Morgan fingerprint density at radius 2 is 0.960 bits per heavy atom. The molecule has 0 spiro atoms. The van der Waals surface area contributed by atoms with Gasteiger partial charge in [-0.05, 0) is 104 Å². The Kier molecular flexibility index (Phi) is 7.99. The molecule has 1 heterocycles. The van der Waals surface area contributed by atoms with Gasteiger partial charge in [0.15, 0.2) is 5.84 Å². The topological polar surface area (TPSA) is 24.7 Å². The molecule has 2 heteroatoms. The van der Waals surface area contributed by atoms with Gasteiger partial charge in [-0.1, -0.05) is 155 Å². The van der Waals surface area contributed by atoms with E-state index >= 15 is 0 Å². The minimum atomic E-state index is 0.192. The molecule has 0 N–H and O–H groups in total. The quantitative estimate of drug-likeness (QED) is 0.178. The summed E-state index contributed by atoms with van der Waals surface area (Å²) in [7, 11) is 0. The van der Waals surface area contributed by atoms with Crippen molar-refractivity contribution in [1.29, 1.82) is 0 Å². The Balaban J connectivity index is 1.08. The molecule has 2 aliphatic rings. The third kappa shape index (κ3) is 6.05. The molecule has 8 rings (SSSR count). The zero-order valence-electron chi connectivity index (χ0n) is 29.8. The first kappa shape index (κ1) is 31.9. The van der Waals surface area contributed by atoms with Gasteiger partial charge in [0.25, 0.3) is 0 Å². The second kappa shape index (κ2) is 12.5. The van der Waals surface area contributed by atoms with Crippen LogP contribution < -0.4 is 0 Å². The summed E-state index contributed by atoms with van der Waals surface area (Å²) in [5.74, 6) is 0.754. The molecule has 0 unspecified atom stereocenters. The van der Waals surface area contributed by atoms with Gasteiger partial charge in [-0.2, -0.15) is 0 Å². The fourth-order valence-electron chi connectivity index (χ4n) is 8.30. The van der Waals surface area contributed by atoms with Gasteiger partial charge in [0.05, 0.1) is 11.4 Å². The van der Waals surface area contributed by atoms with Crippen molar-refractivity contribution < 1.29 is 0 Å². The molecule has 246 valence electrons. The van der Waals surface area contributed by atoms with Crippen molar-refractivity contribution in [2.75, 3.05) is 0 Å². The molecular weight excluding hydrogens is 605 g/mol. The van der Waals surface area contributed by atoms with Crippen LogP contribution in [0.15, 0.2) is 155 Å². The van der Waals surface area contributed by atoms with Crippen molar-refractivity contribution in [2.45, 2.75) is 64.7 Å². The standard InChI is InChI=1S/C48H44N2/c1-32-16-27-44(49-46(36-14-10-7-11-15-36)50-45(32)35-12-8-6-9-13-35)34-19-17-33(18-20-34)37-21-22-39-29-40(24-23-38(39)28-37)41-25-26-42-43(30-41)48(4,5)31-47(42,2)3/h6-15,17-26,28-30H,16,27,31H2,1-5H3/b45-32-,49-44?,50-46?. The van der Waals surface area contributed by atoms with Gasteiger partial charge in [-0.3, -0.25) is 0 Å². The molecule has 0 saturated heterocycles. The number of allylic oxidation sites excluding steroid dienone is 1. The number of nitrogens with zero attached hydrogens (tertiary/aromatic N) is 2. The second-order valence-corrected chi connectivity index (χ2v) is 15.4. The van der Waals surface area contributed by atoms with Crippen LogP contribution >= 0.6 is 0 Å². The Hall–Kier alpha value is -5.34. The van der Waals surface area contributed by atoms with E-state index in [0.717, 1.165) is 46.8 Å². The van der Waals surface area contributed by atoms with Gasteiger partial charge < -0.3 is 0 Å². The lowest BCUT2D eigenvalue weighted by atomic mass is 9.82. The molecular formula is C48H44N2. The van der Waals surface area contributed by atoms with Crippen LogP contribution in [0, 0.1) is 0 Å². The fourth-order valence-corrected chi connectivity index (χ4v) is 8.30. The number of hydrogen-bond acceptors (Lipinski definition) is 2. The molecule has 0 atom stereocenters. The second-order valence-electron chi connectivity index (χ2n) is 15.4. The summed E-state index contributed by atoms with van der Waals surface area (Å²) in [6, 6.07) is 50.6. The molecule has 0 fully saturated rings. The first-order valence-electron chi connectivity index (χ1n) is 17.9. The maximum atomic E-state index is 5.23. The van der Waals surface area contributed by atoms with Crippen LogP contribution in [0.5, 0.6) is 0 Å². The molecule has 0 bridgehead atoms. The van der Waals surface area contributed by atoms with Gasteiger partial charge >= 0.3 is 0 Å². The average molecular weight is 649 g/mol. The number of hydrogen-bond donors (Lipinski definition) is 0. The normalized spacial score (nSPS) is 18.2. The van der Waals surface area contributed by atoms with Crippen LogP contribution in [0.2, 0.25) is 0 Å². The predicted molar refractivity (Wildman–Crippen MR) is 213 cm³/mol. The molecule has 6 aromatic rings. The van der Waals surface area contributed by atoms with Gasteiger partial charge in [0, 0.05) is 11.1 Å². The van der Waals surface area contributed by atoms with Crippen LogP contribution in [0.1, 0.15) is 81.7 Å². The highest BCUT2D eigenvalue weighted by Gasteiger charge is 2.41. The van der Waals surface area contributed by atoms with E-state index in [0.29, 0.717) is 0 Å². The highest BCUT2D eigenvalue weighted by atomic mass is 14.9. The van der Waals surface area contributed by atoms with Crippen molar-refractivity contribution in [3.8, 4) is 22.3 Å². The number of amidine groups is 1. The summed E-state index contributed by atoms with van der Waals surface area (Å²) in [6.45, 7) is 11.7. The lowest BCUT2D eigenvalue weighted by Gasteiger charge is -2.22. The minimum absolute atomic E-state index is 0.192. The smallest absolute Gasteiger partial charge is 0.160 e. The Morgan fingerprint density at radius 3 is 1.62 bits per heavy atom. The molecule has 0 amide bonds. The summed E-state index contributed by atoms with van der Waals surface area (Å²) < 4.78 is 0. The Labute approximate surface area is 297 Å². The number of rotatable bonds is 5. The third-order valence-electron chi connectivity index (χ3n) is 10.8. The van der Waals surface area contributed by atoms with Gasteiger partial charge in [-0.25, -0.2) is 9.98 Å². The van der Waals surface area contributed by atoms with E-state index in [1.54, 1.807) is 0 Å². The number of benzene rings is 6. The molecule has 6 aromatic carbocycles. The first-order valence-corrected chi connectivity index (χ1v) is 17.9. The van der Waals surface area contributed by atoms with Crippen molar-refractivity contribution in [1.82, 2.24) is 0 Å². The first-order chi connectivity index (χ1) is 24.1. The SMILES string of the molecule is C/C1=C(\c2ccccc2)N=C(c2ccccc2)N=C(c2ccc(-c3ccc4cc(-c5ccc6c(c5)C(C)(C)CC6(C)C)ccc4c3)cc2)CC1. The minimum Gasteiger partial charge on any atom is -0.232 e. The van der Waals surface area contributed by atoms with Crippen molar-refractivity contribution >= 4 is 28.0 Å². The lowest BCUT2D eigenvalue weighted by molar-refractivity contribution is 0.403. The van der Waals surface area contributed by atoms with Crippen molar-refractivity contribution in [3.05, 3.63) is 173 Å². The maximum absolute atomic E-state index is 5.23. The zero-order chi connectivity index (χ0) is 34.5. The highest BCUT2D eigenvalue weighted by molar-refractivity contribution is 6.14. The van der Waals surface area contributed by atoms with E-state index in [4.69, 9.17) is 9.98 Å². The molecule has 0 aromatic heterocycles. The summed E-state index contributed by atoms with van der Waals surface area (Å²) >= 11 is 0. The fraction of sp³-hybridized carbons (Fsp3) is 0.208. The monoisotopic (exact) mass is 648 g/mol. The van der Waals surface area contributed by atoms with E-state index < -0.39 is 0 Å². The third-order valence-corrected chi connectivity index (χ3v) is 10.8.